The van der Waals surface area contributed by atoms with Crippen molar-refractivity contribution in [2.24, 2.45) is 0 Å². The highest BCUT2D eigenvalue weighted by Crippen LogP contribution is 2.20. The van der Waals surface area contributed by atoms with Gasteiger partial charge in [0.2, 0.25) is 0 Å². The number of nitrogens with zero attached hydrogens (tertiary/aromatic N) is 3. The van der Waals surface area contributed by atoms with Crippen LogP contribution in [0.2, 0.25) is 0 Å². The Kier molecular flexibility index (Phi) is 4.07. The zero-order valence-corrected chi connectivity index (χ0v) is 10.8. The maximum Gasteiger partial charge on any atom is 0.259 e. The lowest BCUT2D eigenvalue weighted by molar-refractivity contribution is 0.0986. The van der Waals surface area contributed by atoms with Gasteiger partial charge in [-0.05, 0) is 30.7 Å². The van der Waals surface area contributed by atoms with E-state index in [0.29, 0.717) is 17.8 Å². The third-order valence-electron chi connectivity index (χ3n) is 2.71. The van der Waals surface area contributed by atoms with E-state index < -0.39 is 0 Å². The van der Waals surface area contributed by atoms with Gasteiger partial charge in [-0.1, -0.05) is 13.0 Å². The summed E-state index contributed by atoms with van der Waals surface area (Å²) in [7, 11) is 0. The quantitative estimate of drug-likeness (QED) is 0.850. The molecule has 0 saturated heterocycles. The maximum absolute atomic E-state index is 12.5. The van der Waals surface area contributed by atoms with Crippen molar-refractivity contribution in [2.75, 3.05) is 17.2 Å². The topological polar surface area (TPSA) is 72.1 Å². The van der Waals surface area contributed by atoms with Gasteiger partial charge < -0.3 is 10.6 Å². The number of nitrogen functional groups attached to an aromatic ring is 1. The number of aromatic nitrogens is 2. The molecule has 2 N–H and O–H groups in total. The number of amides is 1. The zero-order valence-electron chi connectivity index (χ0n) is 10.8. The number of benzene rings is 1. The Morgan fingerprint density at radius 1 is 1.32 bits per heavy atom. The maximum atomic E-state index is 12.5. The van der Waals surface area contributed by atoms with Crippen LogP contribution in [0.3, 0.4) is 0 Å². The Balaban J connectivity index is 2.33. The highest BCUT2D eigenvalue weighted by atomic mass is 16.2. The molecule has 1 aromatic heterocycles. The van der Waals surface area contributed by atoms with E-state index in [0.717, 1.165) is 12.1 Å². The van der Waals surface area contributed by atoms with E-state index in [-0.39, 0.29) is 5.91 Å². The molecule has 0 atom stereocenters. The molecule has 2 rings (SSSR count). The summed E-state index contributed by atoms with van der Waals surface area (Å²) in [6.45, 7) is 2.65. The van der Waals surface area contributed by atoms with Crippen molar-refractivity contribution in [3.8, 4) is 0 Å². The van der Waals surface area contributed by atoms with E-state index >= 15 is 0 Å². The molecule has 5 heteroatoms. The van der Waals surface area contributed by atoms with Crippen LogP contribution < -0.4 is 10.6 Å². The lowest BCUT2D eigenvalue weighted by Gasteiger charge is -2.22. The molecule has 98 valence electrons. The molecular weight excluding hydrogens is 240 g/mol. The summed E-state index contributed by atoms with van der Waals surface area (Å²) in [4.78, 5) is 14.2. The van der Waals surface area contributed by atoms with Gasteiger partial charge in [-0.25, -0.2) is 0 Å². The predicted molar refractivity (Wildman–Crippen MR) is 74.9 cm³/mol. The third-order valence-corrected chi connectivity index (χ3v) is 2.71. The normalized spacial score (nSPS) is 10.2. The van der Waals surface area contributed by atoms with Crippen molar-refractivity contribution in [3.05, 3.63) is 48.3 Å². The monoisotopic (exact) mass is 256 g/mol. The molecule has 19 heavy (non-hydrogen) atoms. The Morgan fingerprint density at radius 2 is 2.16 bits per heavy atom. The summed E-state index contributed by atoms with van der Waals surface area (Å²) in [6.07, 6.45) is 3.84. The van der Waals surface area contributed by atoms with Gasteiger partial charge in [0.1, 0.15) is 0 Å². The summed E-state index contributed by atoms with van der Waals surface area (Å²) >= 11 is 0. The number of anilines is 2. The smallest absolute Gasteiger partial charge is 0.259 e. The fourth-order valence-corrected chi connectivity index (χ4v) is 1.84. The van der Waals surface area contributed by atoms with Crippen LogP contribution >= 0.6 is 0 Å². The Morgan fingerprint density at radius 3 is 2.79 bits per heavy atom. The van der Waals surface area contributed by atoms with Crippen molar-refractivity contribution < 1.29 is 4.79 Å². The lowest BCUT2D eigenvalue weighted by atomic mass is 10.2. The Hall–Kier alpha value is -2.43. The molecular formula is C14H16N4O. The predicted octanol–water partition coefficient (Wildman–Crippen LogP) is 2.12. The zero-order chi connectivity index (χ0) is 13.7. The molecule has 0 unspecified atom stereocenters. The molecule has 1 heterocycles. The van der Waals surface area contributed by atoms with Crippen LogP contribution in [0.5, 0.6) is 0 Å². The first-order valence-electron chi connectivity index (χ1n) is 6.16. The molecule has 0 aliphatic heterocycles. The summed E-state index contributed by atoms with van der Waals surface area (Å²) in [5.41, 5.74) is 7.72. The molecule has 2 aromatic rings. The standard InChI is InChI=1S/C14H16N4O/c1-2-8-18(13-5-3-4-12(15)9-13)14(19)11-6-7-16-17-10-11/h3-7,9-10H,2,8,15H2,1H3. The van der Waals surface area contributed by atoms with E-state index in [1.165, 1.54) is 12.4 Å². The van der Waals surface area contributed by atoms with Crippen LogP contribution in [-0.2, 0) is 0 Å². The van der Waals surface area contributed by atoms with Gasteiger partial charge in [0, 0.05) is 17.9 Å². The van der Waals surface area contributed by atoms with Crippen molar-refractivity contribution in [3.63, 3.8) is 0 Å². The average molecular weight is 256 g/mol. The van der Waals surface area contributed by atoms with Gasteiger partial charge in [0.15, 0.2) is 0 Å². The number of hydrogen-bond acceptors (Lipinski definition) is 4. The molecule has 0 spiro atoms. The molecule has 1 amide bonds. The van der Waals surface area contributed by atoms with Gasteiger partial charge in [0.25, 0.3) is 5.91 Å². The second-order valence-corrected chi connectivity index (χ2v) is 4.18. The van der Waals surface area contributed by atoms with Crippen molar-refractivity contribution in [1.29, 1.82) is 0 Å². The van der Waals surface area contributed by atoms with Crippen LogP contribution in [0.1, 0.15) is 23.7 Å². The number of nitrogens with two attached hydrogens (primary N) is 1. The van der Waals surface area contributed by atoms with Gasteiger partial charge in [-0.2, -0.15) is 10.2 Å². The minimum atomic E-state index is -0.0950. The fraction of sp³-hybridized carbons (Fsp3) is 0.214. The molecule has 0 radical (unpaired) electrons. The second-order valence-electron chi connectivity index (χ2n) is 4.18. The molecule has 1 aromatic carbocycles. The number of rotatable bonds is 4. The summed E-state index contributed by atoms with van der Waals surface area (Å²) in [5, 5.41) is 7.42. The Bertz CT molecular complexity index is 556. The molecule has 0 aliphatic carbocycles. The molecule has 0 saturated carbocycles. The van der Waals surface area contributed by atoms with E-state index in [4.69, 9.17) is 5.73 Å². The van der Waals surface area contributed by atoms with Gasteiger partial charge >= 0.3 is 0 Å². The van der Waals surface area contributed by atoms with Gasteiger partial charge in [-0.3, -0.25) is 4.79 Å². The van der Waals surface area contributed by atoms with Crippen molar-refractivity contribution in [1.82, 2.24) is 10.2 Å². The Labute approximate surface area is 112 Å². The molecule has 0 aliphatic rings. The first kappa shape index (κ1) is 13.0. The summed E-state index contributed by atoms with van der Waals surface area (Å²) in [6, 6.07) is 8.96. The number of carbonyl (C=O) groups excluding carboxylic acids is 1. The van der Waals surface area contributed by atoms with Crippen LogP contribution in [0.15, 0.2) is 42.7 Å². The molecule has 0 fully saturated rings. The van der Waals surface area contributed by atoms with E-state index in [1.807, 2.05) is 19.1 Å². The van der Waals surface area contributed by atoms with Crippen LogP contribution in [0.4, 0.5) is 11.4 Å². The van der Waals surface area contributed by atoms with Crippen molar-refractivity contribution in [2.45, 2.75) is 13.3 Å². The second kappa shape index (κ2) is 5.95. The van der Waals surface area contributed by atoms with E-state index in [9.17, 15) is 4.79 Å². The largest absolute Gasteiger partial charge is 0.399 e. The highest BCUT2D eigenvalue weighted by Gasteiger charge is 2.17. The minimum Gasteiger partial charge on any atom is -0.399 e. The number of carbonyl (C=O) groups is 1. The average Bonchev–Trinajstić information content (AvgIpc) is 2.45. The minimum absolute atomic E-state index is 0.0950. The summed E-state index contributed by atoms with van der Waals surface area (Å²) < 4.78 is 0. The van der Waals surface area contributed by atoms with Crippen LogP contribution in [-0.4, -0.2) is 22.6 Å². The van der Waals surface area contributed by atoms with E-state index in [1.54, 1.807) is 23.1 Å². The third kappa shape index (κ3) is 3.07. The molecule has 0 bridgehead atoms. The molecule has 5 nitrogen and oxygen atoms in total. The van der Waals surface area contributed by atoms with Gasteiger partial charge in [0.05, 0.1) is 18.0 Å². The SMILES string of the molecule is CCCN(C(=O)c1ccnnc1)c1cccc(N)c1. The fourth-order valence-electron chi connectivity index (χ4n) is 1.84. The van der Waals surface area contributed by atoms with E-state index in [2.05, 4.69) is 10.2 Å². The summed E-state index contributed by atoms with van der Waals surface area (Å²) in [5.74, 6) is -0.0950. The van der Waals surface area contributed by atoms with Gasteiger partial charge in [-0.15, -0.1) is 0 Å². The lowest BCUT2D eigenvalue weighted by Crippen LogP contribution is -2.31. The number of hydrogen-bond donors (Lipinski definition) is 1. The first-order valence-corrected chi connectivity index (χ1v) is 6.16. The van der Waals surface area contributed by atoms with Crippen LogP contribution in [0, 0.1) is 0 Å². The van der Waals surface area contributed by atoms with Crippen LogP contribution in [0.25, 0.3) is 0 Å². The first-order chi connectivity index (χ1) is 9.22. The highest BCUT2D eigenvalue weighted by molar-refractivity contribution is 6.06. The van der Waals surface area contributed by atoms with Crippen molar-refractivity contribution >= 4 is 17.3 Å².